The summed E-state index contributed by atoms with van der Waals surface area (Å²) in [7, 11) is 0. The lowest BCUT2D eigenvalue weighted by Gasteiger charge is -2.38. The van der Waals surface area contributed by atoms with Crippen molar-refractivity contribution >= 4 is 17.3 Å². The van der Waals surface area contributed by atoms with Crippen LogP contribution in [0, 0.1) is 17.2 Å². The maximum atomic E-state index is 9.21. The molecular weight excluding hydrogens is 232 g/mol. The number of nitriles is 1. The quantitative estimate of drug-likeness (QED) is 0.755. The minimum Gasteiger partial charge on any atom is -0.368 e. The predicted molar refractivity (Wildman–Crippen MR) is 71.4 cm³/mol. The highest BCUT2D eigenvalue weighted by Crippen LogP contribution is 2.32. The molecule has 1 heterocycles. The van der Waals surface area contributed by atoms with E-state index in [1.807, 2.05) is 12.1 Å². The van der Waals surface area contributed by atoms with Gasteiger partial charge in [-0.15, -0.1) is 0 Å². The van der Waals surface area contributed by atoms with Crippen LogP contribution in [-0.4, -0.2) is 12.6 Å². The lowest BCUT2D eigenvalue weighted by atomic mass is 9.92. The third kappa shape index (κ3) is 2.40. The van der Waals surface area contributed by atoms with Crippen molar-refractivity contribution in [2.75, 3.05) is 11.4 Å². The van der Waals surface area contributed by atoms with Crippen molar-refractivity contribution in [1.29, 1.82) is 5.26 Å². The van der Waals surface area contributed by atoms with Gasteiger partial charge in [0.1, 0.15) is 6.07 Å². The van der Waals surface area contributed by atoms with Crippen LogP contribution in [0.15, 0.2) is 18.2 Å². The molecule has 2 atom stereocenters. The number of rotatable bonds is 1. The molecule has 0 N–H and O–H groups in total. The van der Waals surface area contributed by atoms with Crippen LogP contribution in [0.4, 0.5) is 5.69 Å². The van der Waals surface area contributed by atoms with Crippen molar-refractivity contribution < 1.29 is 0 Å². The van der Waals surface area contributed by atoms with E-state index in [1.54, 1.807) is 6.07 Å². The molecule has 17 heavy (non-hydrogen) atoms. The van der Waals surface area contributed by atoms with E-state index in [9.17, 15) is 5.26 Å². The van der Waals surface area contributed by atoms with Crippen molar-refractivity contribution in [2.45, 2.75) is 32.7 Å². The monoisotopic (exact) mass is 248 g/mol. The van der Waals surface area contributed by atoms with E-state index in [1.165, 1.54) is 12.8 Å². The Bertz CT molecular complexity index is 450. The van der Waals surface area contributed by atoms with Crippen LogP contribution >= 0.6 is 11.6 Å². The molecule has 2 nitrogen and oxygen atoms in total. The highest BCUT2D eigenvalue weighted by atomic mass is 35.5. The Morgan fingerprint density at radius 3 is 2.82 bits per heavy atom. The van der Waals surface area contributed by atoms with Gasteiger partial charge in [0, 0.05) is 12.6 Å². The van der Waals surface area contributed by atoms with E-state index in [0.29, 0.717) is 16.6 Å². The first-order valence-electron chi connectivity index (χ1n) is 6.08. The second-order valence-electron chi connectivity index (χ2n) is 4.92. The molecule has 90 valence electrons. The molecule has 1 aromatic carbocycles. The molecular formula is C14H17ClN2. The second-order valence-corrected chi connectivity index (χ2v) is 5.32. The average molecular weight is 249 g/mol. The molecule has 1 saturated heterocycles. The van der Waals surface area contributed by atoms with Gasteiger partial charge in [0.05, 0.1) is 16.3 Å². The molecule has 1 aromatic rings. The lowest BCUT2D eigenvalue weighted by Crippen LogP contribution is -2.40. The molecule has 0 saturated carbocycles. The molecule has 0 radical (unpaired) electrons. The normalized spacial score (nSPS) is 24.5. The van der Waals surface area contributed by atoms with Crippen LogP contribution in [0.1, 0.15) is 32.3 Å². The van der Waals surface area contributed by atoms with Crippen molar-refractivity contribution in [2.24, 2.45) is 5.92 Å². The fraction of sp³-hybridized carbons (Fsp3) is 0.500. The molecule has 2 unspecified atom stereocenters. The van der Waals surface area contributed by atoms with Gasteiger partial charge in [-0.3, -0.25) is 0 Å². The zero-order valence-corrected chi connectivity index (χ0v) is 11.0. The lowest BCUT2D eigenvalue weighted by molar-refractivity contribution is 0.378. The molecule has 0 bridgehead atoms. The van der Waals surface area contributed by atoms with Crippen molar-refractivity contribution in [3.05, 3.63) is 28.8 Å². The predicted octanol–water partition coefficient (Wildman–Crippen LogP) is 3.84. The van der Waals surface area contributed by atoms with Gasteiger partial charge in [0.2, 0.25) is 0 Å². The average Bonchev–Trinajstić information content (AvgIpc) is 2.29. The van der Waals surface area contributed by atoms with Gasteiger partial charge in [-0.1, -0.05) is 24.6 Å². The molecule has 2 rings (SSSR count). The summed E-state index contributed by atoms with van der Waals surface area (Å²) < 4.78 is 0. The molecule has 0 spiro atoms. The Labute approximate surface area is 108 Å². The van der Waals surface area contributed by atoms with E-state index in [2.05, 4.69) is 24.8 Å². The Hall–Kier alpha value is -1.20. The number of anilines is 1. The van der Waals surface area contributed by atoms with E-state index in [0.717, 1.165) is 18.2 Å². The molecule has 0 amide bonds. The number of halogens is 1. The first-order chi connectivity index (χ1) is 8.13. The summed E-state index contributed by atoms with van der Waals surface area (Å²) in [6.07, 6.45) is 2.36. The van der Waals surface area contributed by atoms with Crippen LogP contribution in [0.3, 0.4) is 0 Å². The SMILES string of the molecule is CC1CCN(c2cccc(Cl)c2C#N)C(C)C1. The summed E-state index contributed by atoms with van der Waals surface area (Å²) in [6, 6.07) is 8.39. The van der Waals surface area contributed by atoms with E-state index >= 15 is 0 Å². The minimum absolute atomic E-state index is 0.476. The number of piperidine rings is 1. The summed E-state index contributed by atoms with van der Waals surface area (Å²) in [4.78, 5) is 2.31. The summed E-state index contributed by atoms with van der Waals surface area (Å²) in [5.41, 5.74) is 1.59. The van der Waals surface area contributed by atoms with Crippen molar-refractivity contribution in [3.63, 3.8) is 0 Å². The van der Waals surface area contributed by atoms with Gasteiger partial charge in [0.25, 0.3) is 0 Å². The van der Waals surface area contributed by atoms with Gasteiger partial charge in [-0.05, 0) is 37.8 Å². The highest BCUT2D eigenvalue weighted by Gasteiger charge is 2.25. The summed E-state index contributed by atoms with van der Waals surface area (Å²) in [6.45, 7) is 5.52. The standard InChI is InChI=1S/C14H17ClN2/c1-10-6-7-17(11(2)8-10)14-5-3-4-13(15)12(14)9-16/h3-5,10-11H,6-8H2,1-2H3. The summed E-state index contributed by atoms with van der Waals surface area (Å²) in [5, 5.41) is 9.76. The zero-order valence-electron chi connectivity index (χ0n) is 10.3. The minimum atomic E-state index is 0.476. The molecule has 0 aliphatic carbocycles. The van der Waals surface area contributed by atoms with Crippen LogP contribution < -0.4 is 4.90 Å². The van der Waals surface area contributed by atoms with Gasteiger partial charge >= 0.3 is 0 Å². The first-order valence-corrected chi connectivity index (χ1v) is 6.46. The van der Waals surface area contributed by atoms with E-state index < -0.39 is 0 Å². The number of hydrogen-bond acceptors (Lipinski definition) is 2. The Kier molecular flexibility index (Phi) is 3.59. The number of nitrogens with zero attached hydrogens (tertiary/aromatic N) is 2. The largest absolute Gasteiger partial charge is 0.368 e. The molecule has 3 heteroatoms. The highest BCUT2D eigenvalue weighted by molar-refractivity contribution is 6.32. The van der Waals surface area contributed by atoms with E-state index in [-0.39, 0.29) is 0 Å². The topological polar surface area (TPSA) is 27.0 Å². The molecule has 1 aliphatic rings. The molecule has 0 aromatic heterocycles. The zero-order chi connectivity index (χ0) is 12.4. The molecule has 1 aliphatic heterocycles. The van der Waals surface area contributed by atoms with Gasteiger partial charge in [-0.25, -0.2) is 0 Å². The van der Waals surface area contributed by atoms with Crippen LogP contribution in [-0.2, 0) is 0 Å². The number of benzene rings is 1. The van der Waals surface area contributed by atoms with Crippen molar-refractivity contribution in [3.8, 4) is 6.07 Å². The second kappa shape index (κ2) is 4.98. The smallest absolute Gasteiger partial charge is 0.103 e. The summed E-state index contributed by atoms with van der Waals surface area (Å²) in [5.74, 6) is 0.769. The summed E-state index contributed by atoms with van der Waals surface area (Å²) >= 11 is 6.08. The van der Waals surface area contributed by atoms with Crippen LogP contribution in [0.2, 0.25) is 5.02 Å². The third-order valence-corrected chi connectivity index (χ3v) is 3.87. The Morgan fingerprint density at radius 2 is 2.18 bits per heavy atom. The number of hydrogen-bond donors (Lipinski definition) is 0. The first kappa shape index (κ1) is 12.3. The van der Waals surface area contributed by atoms with Gasteiger partial charge in [-0.2, -0.15) is 5.26 Å². The van der Waals surface area contributed by atoms with Crippen molar-refractivity contribution in [1.82, 2.24) is 0 Å². The molecule has 1 fully saturated rings. The Morgan fingerprint density at radius 1 is 1.41 bits per heavy atom. The maximum Gasteiger partial charge on any atom is 0.103 e. The fourth-order valence-electron chi connectivity index (χ4n) is 2.63. The van der Waals surface area contributed by atoms with Crippen LogP contribution in [0.25, 0.3) is 0 Å². The van der Waals surface area contributed by atoms with E-state index in [4.69, 9.17) is 11.6 Å². The van der Waals surface area contributed by atoms with Gasteiger partial charge < -0.3 is 4.90 Å². The fourth-order valence-corrected chi connectivity index (χ4v) is 2.84. The third-order valence-electron chi connectivity index (χ3n) is 3.55. The van der Waals surface area contributed by atoms with Crippen LogP contribution in [0.5, 0.6) is 0 Å². The maximum absolute atomic E-state index is 9.21. The Balaban J connectivity index is 2.35. The van der Waals surface area contributed by atoms with Gasteiger partial charge in [0.15, 0.2) is 0 Å².